The first-order valence-electron chi connectivity index (χ1n) is 7.07. The molecule has 0 radical (unpaired) electrons. The van der Waals surface area contributed by atoms with Crippen LogP contribution in [0.25, 0.3) is 0 Å². The molecule has 0 aliphatic rings. The van der Waals surface area contributed by atoms with E-state index in [1.807, 2.05) is 26.0 Å². The van der Waals surface area contributed by atoms with Crippen molar-refractivity contribution in [1.82, 2.24) is 5.32 Å². The molecule has 2 heteroatoms. The predicted molar refractivity (Wildman–Crippen MR) is 76.3 cm³/mol. The van der Waals surface area contributed by atoms with Crippen molar-refractivity contribution in [1.29, 1.82) is 0 Å². The average molecular weight is 251 g/mol. The average Bonchev–Trinajstić information content (AvgIpc) is 2.33. The standard InChI is InChI=1S/C16H26FN/c1-5-7-15(8-6-2)18-11-14-9-12(3)16(17)13(4)10-14/h9-10,15,18H,5-8,11H2,1-4H3. The molecule has 1 aromatic carbocycles. The van der Waals surface area contributed by atoms with E-state index in [0.717, 1.165) is 17.7 Å². The highest BCUT2D eigenvalue weighted by Gasteiger charge is 2.08. The molecule has 1 rings (SSSR count). The molecule has 0 saturated carbocycles. The molecule has 1 N–H and O–H groups in total. The Kier molecular flexibility index (Phi) is 6.34. The normalized spacial score (nSPS) is 11.2. The van der Waals surface area contributed by atoms with E-state index in [-0.39, 0.29) is 5.82 Å². The number of rotatable bonds is 7. The minimum atomic E-state index is -0.0718. The van der Waals surface area contributed by atoms with Gasteiger partial charge in [-0.25, -0.2) is 4.39 Å². The Balaban J connectivity index is 2.61. The first-order chi connectivity index (χ1) is 8.58. The van der Waals surface area contributed by atoms with Crippen molar-refractivity contribution < 1.29 is 4.39 Å². The minimum absolute atomic E-state index is 0.0718. The third kappa shape index (κ3) is 4.41. The fourth-order valence-corrected chi connectivity index (χ4v) is 2.45. The van der Waals surface area contributed by atoms with Crippen LogP contribution >= 0.6 is 0 Å². The summed E-state index contributed by atoms with van der Waals surface area (Å²) in [5.74, 6) is -0.0718. The summed E-state index contributed by atoms with van der Waals surface area (Å²) in [7, 11) is 0. The van der Waals surface area contributed by atoms with Crippen LogP contribution in [0.15, 0.2) is 12.1 Å². The van der Waals surface area contributed by atoms with Crippen LogP contribution < -0.4 is 5.32 Å². The molecular weight excluding hydrogens is 225 g/mol. The van der Waals surface area contributed by atoms with Crippen LogP contribution in [0.3, 0.4) is 0 Å². The molecule has 1 aromatic rings. The van der Waals surface area contributed by atoms with Crippen molar-refractivity contribution in [3.05, 3.63) is 34.6 Å². The summed E-state index contributed by atoms with van der Waals surface area (Å²) in [6.07, 6.45) is 4.85. The highest BCUT2D eigenvalue weighted by atomic mass is 19.1. The molecule has 102 valence electrons. The number of hydrogen-bond donors (Lipinski definition) is 1. The molecule has 0 aliphatic carbocycles. The molecule has 0 fully saturated rings. The number of aryl methyl sites for hydroxylation is 2. The van der Waals surface area contributed by atoms with Crippen LogP contribution in [0.4, 0.5) is 4.39 Å². The number of benzene rings is 1. The maximum Gasteiger partial charge on any atom is 0.129 e. The van der Waals surface area contributed by atoms with Crippen LogP contribution in [0.2, 0.25) is 0 Å². The molecule has 0 heterocycles. The van der Waals surface area contributed by atoms with Crippen LogP contribution in [0, 0.1) is 19.7 Å². The highest BCUT2D eigenvalue weighted by molar-refractivity contribution is 5.30. The van der Waals surface area contributed by atoms with E-state index < -0.39 is 0 Å². The van der Waals surface area contributed by atoms with E-state index in [9.17, 15) is 4.39 Å². The summed E-state index contributed by atoms with van der Waals surface area (Å²) in [5, 5.41) is 3.59. The van der Waals surface area contributed by atoms with Crippen LogP contribution in [-0.2, 0) is 6.54 Å². The molecule has 0 amide bonds. The Morgan fingerprint density at radius 3 is 2.00 bits per heavy atom. The topological polar surface area (TPSA) is 12.0 Å². The molecule has 0 saturated heterocycles. The fraction of sp³-hybridized carbons (Fsp3) is 0.625. The van der Waals surface area contributed by atoms with Gasteiger partial charge in [0, 0.05) is 12.6 Å². The van der Waals surface area contributed by atoms with Crippen LogP contribution in [0.1, 0.15) is 56.2 Å². The zero-order valence-corrected chi connectivity index (χ0v) is 12.1. The van der Waals surface area contributed by atoms with E-state index in [0.29, 0.717) is 6.04 Å². The van der Waals surface area contributed by atoms with Gasteiger partial charge in [-0.15, -0.1) is 0 Å². The Labute approximate surface area is 111 Å². The molecule has 0 unspecified atom stereocenters. The highest BCUT2D eigenvalue weighted by Crippen LogP contribution is 2.15. The van der Waals surface area contributed by atoms with Gasteiger partial charge in [-0.3, -0.25) is 0 Å². The Morgan fingerprint density at radius 1 is 1.06 bits per heavy atom. The van der Waals surface area contributed by atoms with Gasteiger partial charge in [0.05, 0.1) is 0 Å². The summed E-state index contributed by atoms with van der Waals surface area (Å²) in [6, 6.07) is 4.49. The van der Waals surface area contributed by atoms with Gasteiger partial charge in [0.25, 0.3) is 0 Å². The number of nitrogens with one attached hydrogen (secondary N) is 1. The minimum Gasteiger partial charge on any atom is -0.310 e. The lowest BCUT2D eigenvalue weighted by Crippen LogP contribution is -2.28. The third-order valence-corrected chi connectivity index (χ3v) is 3.37. The van der Waals surface area contributed by atoms with Crippen molar-refractivity contribution in [3.8, 4) is 0 Å². The molecule has 1 nitrogen and oxygen atoms in total. The first-order valence-corrected chi connectivity index (χ1v) is 7.07. The van der Waals surface area contributed by atoms with Crippen LogP contribution in [0.5, 0.6) is 0 Å². The van der Waals surface area contributed by atoms with Gasteiger partial charge in [-0.05, 0) is 43.4 Å². The van der Waals surface area contributed by atoms with Gasteiger partial charge in [-0.1, -0.05) is 38.8 Å². The van der Waals surface area contributed by atoms with E-state index in [2.05, 4.69) is 19.2 Å². The van der Waals surface area contributed by atoms with Crippen molar-refractivity contribution in [2.24, 2.45) is 0 Å². The molecular formula is C16H26FN. The fourth-order valence-electron chi connectivity index (χ4n) is 2.45. The molecule has 0 aliphatic heterocycles. The molecule has 0 atom stereocenters. The van der Waals surface area contributed by atoms with E-state index >= 15 is 0 Å². The number of halogens is 1. The maximum atomic E-state index is 13.5. The smallest absolute Gasteiger partial charge is 0.129 e. The summed E-state index contributed by atoms with van der Waals surface area (Å²) < 4.78 is 13.5. The second-order valence-corrected chi connectivity index (χ2v) is 5.20. The zero-order valence-electron chi connectivity index (χ0n) is 12.1. The van der Waals surface area contributed by atoms with Gasteiger partial charge in [0.1, 0.15) is 5.82 Å². The molecule has 0 spiro atoms. The molecule has 0 aromatic heterocycles. The van der Waals surface area contributed by atoms with Gasteiger partial charge in [0.15, 0.2) is 0 Å². The predicted octanol–water partition coefficient (Wildman–Crippen LogP) is 4.50. The lowest BCUT2D eigenvalue weighted by Gasteiger charge is -2.18. The van der Waals surface area contributed by atoms with Crippen molar-refractivity contribution in [2.75, 3.05) is 0 Å². The van der Waals surface area contributed by atoms with Gasteiger partial charge in [-0.2, -0.15) is 0 Å². The zero-order chi connectivity index (χ0) is 13.5. The summed E-state index contributed by atoms with van der Waals surface area (Å²) in [4.78, 5) is 0. The number of hydrogen-bond acceptors (Lipinski definition) is 1. The van der Waals surface area contributed by atoms with E-state index in [4.69, 9.17) is 0 Å². The third-order valence-electron chi connectivity index (χ3n) is 3.37. The van der Waals surface area contributed by atoms with E-state index in [1.165, 1.54) is 31.2 Å². The largest absolute Gasteiger partial charge is 0.310 e. The van der Waals surface area contributed by atoms with Crippen molar-refractivity contribution in [2.45, 2.75) is 66.0 Å². The second kappa shape index (κ2) is 7.52. The monoisotopic (exact) mass is 251 g/mol. The van der Waals surface area contributed by atoms with Gasteiger partial charge < -0.3 is 5.32 Å². The van der Waals surface area contributed by atoms with Gasteiger partial charge >= 0.3 is 0 Å². The lowest BCUT2D eigenvalue weighted by molar-refractivity contribution is 0.443. The Hall–Kier alpha value is -0.890. The van der Waals surface area contributed by atoms with Gasteiger partial charge in [0.2, 0.25) is 0 Å². The second-order valence-electron chi connectivity index (χ2n) is 5.20. The Bertz CT molecular complexity index is 344. The summed E-state index contributed by atoms with van der Waals surface area (Å²) >= 11 is 0. The Morgan fingerprint density at radius 2 is 1.56 bits per heavy atom. The first kappa shape index (κ1) is 15.2. The van der Waals surface area contributed by atoms with E-state index in [1.54, 1.807) is 0 Å². The summed E-state index contributed by atoms with van der Waals surface area (Å²) in [5.41, 5.74) is 2.67. The van der Waals surface area contributed by atoms with Crippen molar-refractivity contribution >= 4 is 0 Å². The molecule has 0 bridgehead atoms. The lowest BCUT2D eigenvalue weighted by atomic mass is 10.0. The summed E-state index contributed by atoms with van der Waals surface area (Å²) in [6.45, 7) is 8.95. The van der Waals surface area contributed by atoms with Crippen LogP contribution in [-0.4, -0.2) is 6.04 Å². The van der Waals surface area contributed by atoms with Crippen molar-refractivity contribution in [3.63, 3.8) is 0 Å². The maximum absolute atomic E-state index is 13.5. The SMILES string of the molecule is CCCC(CCC)NCc1cc(C)c(F)c(C)c1. The quantitative estimate of drug-likeness (QED) is 0.752. The molecule has 18 heavy (non-hydrogen) atoms.